The van der Waals surface area contributed by atoms with E-state index >= 15 is 0 Å². The van der Waals surface area contributed by atoms with Crippen LogP contribution in [0.1, 0.15) is 219 Å². The number of hydrogen-bond donors (Lipinski definition) is 0. The molecule has 0 fully saturated rings. The van der Waals surface area contributed by atoms with Crippen molar-refractivity contribution in [2.45, 2.75) is 225 Å². The highest BCUT2D eigenvalue weighted by Gasteiger charge is 2.22. The van der Waals surface area contributed by atoms with Gasteiger partial charge in [0, 0.05) is 12.8 Å². The molecule has 0 radical (unpaired) electrons. The molecule has 0 heterocycles. The van der Waals surface area contributed by atoms with Crippen LogP contribution in [0.5, 0.6) is 0 Å². The van der Waals surface area contributed by atoms with Crippen molar-refractivity contribution >= 4 is 19.8 Å². The highest BCUT2D eigenvalue weighted by atomic mass is 31.2. The molecule has 0 N–H and O–H groups in total. The van der Waals surface area contributed by atoms with Gasteiger partial charge < -0.3 is 27.9 Å². The van der Waals surface area contributed by atoms with Crippen LogP contribution in [0.25, 0.3) is 0 Å². The average molecular weight is 1150 g/mol. The van der Waals surface area contributed by atoms with Crippen LogP contribution in [0.4, 0.5) is 0 Å². The van der Waals surface area contributed by atoms with Crippen molar-refractivity contribution in [2.75, 3.05) is 47.5 Å². The van der Waals surface area contributed by atoms with Gasteiger partial charge in [0.1, 0.15) is 19.8 Å². The summed E-state index contributed by atoms with van der Waals surface area (Å²) in [6.45, 7) is 3.95. The number of rotatable bonds is 56. The van der Waals surface area contributed by atoms with Gasteiger partial charge in [0.25, 0.3) is 7.82 Å². The molecule has 82 heavy (non-hydrogen) atoms. The Balaban J connectivity index is 4.21. The van der Waals surface area contributed by atoms with E-state index in [-0.39, 0.29) is 26.1 Å². The molecule has 2 atom stereocenters. The number of hydrogen-bond acceptors (Lipinski definition) is 8. The number of phosphoric acid groups is 1. The van der Waals surface area contributed by atoms with Gasteiger partial charge in [-0.3, -0.25) is 14.2 Å². The van der Waals surface area contributed by atoms with E-state index in [9.17, 15) is 19.0 Å². The van der Waals surface area contributed by atoms with Crippen LogP contribution in [0.15, 0.2) is 170 Å². The van der Waals surface area contributed by atoms with Crippen molar-refractivity contribution in [3.05, 3.63) is 170 Å². The Morgan fingerprint density at radius 1 is 0.378 bits per heavy atom. The number of phosphoric ester groups is 1. The molecule has 0 aliphatic carbocycles. The summed E-state index contributed by atoms with van der Waals surface area (Å²) in [6.07, 6.45) is 92.6. The van der Waals surface area contributed by atoms with E-state index in [0.29, 0.717) is 23.9 Å². The molecule has 9 nitrogen and oxygen atoms in total. The molecule has 0 aromatic heterocycles. The molecule has 0 aliphatic rings. The average Bonchev–Trinajstić information content (AvgIpc) is 3.45. The molecule has 0 saturated carbocycles. The molecule has 0 saturated heterocycles. The topological polar surface area (TPSA) is 111 Å². The van der Waals surface area contributed by atoms with E-state index in [1.807, 2.05) is 21.1 Å². The predicted octanol–water partition coefficient (Wildman–Crippen LogP) is 20.0. The molecule has 0 spiro atoms. The molecule has 0 aromatic carbocycles. The molecular formula is C72H116NO8P. The number of carbonyl (C=O) groups is 2. The first-order chi connectivity index (χ1) is 40.0. The second-order valence-corrected chi connectivity index (χ2v) is 23.1. The smallest absolute Gasteiger partial charge is 0.306 e. The highest BCUT2D eigenvalue weighted by Crippen LogP contribution is 2.38. The maximum absolute atomic E-state index is 12.8. The van der Waals surface area contributed by atoms with E-state index in [0.717, 1.165) is 141 Å². The number of quaternary nitrogens is 1. The lowest BCUT2D eigenvalue weighted by molar-refractivity contribution is -0.870. The van der Waals surface area contributed by atoms with Gasteiger partial charge in [0.15, 0.2) is 6.10 Å². The molecule has 2 unspecified atom stereocenters. The summed E-state index contributed by atoms with van der Waals surface area (Å²) in [5.41, 5.74) is 0. The highest BCUT2D eigenvalue weighted by molar-refractivity contribution is 7.45. The fourth-order valence-electron chi connectivity index (χ4n) is 7.91. The number of unbranched alkanes of at least 4 members (excludes halogenated alkanes) is 14. The Kier molecular flexibility index (Phi) is 57.5. The zero-order valence-corrected chi connectivity index (χ0v) is 53.3. The Bertz CT molecular complexity index is 1990. The summed E-state index contributed by atoms with van der Waals surface area (Å²) in [6, 6.07) is 0. The van der Waals surface area contributed by atoms with Crippen molar-refractivity contribution in [2.24, 2.45) is 0 Å². The molecule has 0 amide bonds. The number of allylic oxidation sites excluding steroid dienone is 28. The Morgan fingerprint density at radius 3 is 0.976 bits per heavy atom. The molecule has 0 aromatic rings. The number of ether oxygens (including phenoxy) is 2. The predicted molar refractivity (Wildman–Crippen MR) is 350 cm³/mol. The molecule has 10 heteroatoms. The van der Waals surface area contributed by atoms with Crippen molar-refractivity contribution in [3.8, 4) is 0 Å². The standard InChI is InChI=1S/C72H116NO8P/c1-6-8-10-12-14-16-18-20-22-24-26-28-30-31-32-33-34-35-36-37-38-39-40-41-43-45-47-49-51-53-55-57-59-61-63-65-72(75)81-70(69-80-82(76,77)79-67-66-73(3,4)5)68-78-71(74)64-62-60-58-56-54-52-50-48-46-44-42-29-27-25-23-21-19-17-15-13-11-9-7-2/h8-11,14-17,20-23,26-29,31-32,34-35,37-38,40-41,44,46,50,52,70H,6-7,12-13,18-19,24-25,30,33,36,39,42-43,45,47-49,51,53-69H2,1-5H3/b10-8-,11-9-,16-14-,17-15-,22-20-,23-21-,28-26-,29-27-,32-31-,35-34-,38-37-,41-40-,46-44-,52-50-. The van der Waals surface area contributed by atoms with E-state index in [4.69, 9.17) is 18.5 Å². The van der Waals surface area contributed by atoms with Crippen LogP contribution >= 0.6 is 7.82 Å². The van der Waals surface area contributed by atoms with Gasteiger partial charge in [-0.15, -0.1) is 0 Å². The summed E-state index contributed by atoms with van der Waals surface area (Å²) in [5.74, 6) is -0.880. The fourth-order valence-corrected chi connectivity index (χ4v) is 8.64. The maximum atomic E-state index is 12.8. The van der Waals surface area contributed by atoms with Crippen LogP contribution < -0.4 is 4.89 Å². The summed E-state index contributed by atoms with van der Waals surface area (Å²) < 4.78 is 34.2. The minimum absolute atomic E-state index is 0.0459. The van der Waals surface area contributed by atoms with Gasteiger partial charge in [-0.05, 0) is 128 Å². The van der Waals surface area contributed by atoms with Gasteiger partial charge in [-0.2, -0.15) is 0 Å². The first kappa shape index (κ1) is 77.4. The Hall–Kier alpha value is -4.63. The van der Waals surface area contributed by atoms with Gasteiger partial charge in [0.2, 0.25) is 0 Å². The molecule has 0 rings (SSSR count). The summed E-state index contributed by atoms with van der Waals surface area (Å²) in [5, 5.41) is 0. The lowest BCUT2D eigenvalue weighted by atomic mass is 10.0. The molecule has 0 aliphatic heterocycles. The van der Waals surface area contributed by atoms with Crippen molar-refractivity contribution in [3.63, 3.8) is 0 Å². The van der Waals surface area contributed by atoms with Crippen LogP contribution in [0.2, 0.25) is 0 Å². The third kappa shape index (κ3) is 64.5. The SMILES string of the molecule is CC/C=C\C/C=C\C/C=C\C/C=C\C/C=C\C/C=C\C/C=C\C/C=C\CCCCCCCCCCCCC(=O)OC(COC(=O)CCCCCC/C=C\C/C=C\C/C=C\C/C=C\C/C=C\C/C=C\CC)COP(=O)([O-])OCC[N+](C)(C)C. The summed E-state index contributed by atoms with van der Waals surface area (Å²) >= 11 is 0. The number of likely N-dealkylation sites (N-methyl/N-ethyl adjacent to an activating group) is 1. The first-order valence-electron chi connectivity index (χ1n) is 31.8. The number of esters is 2. The van der Waals surface area contributed by atoms with Crippen molar-refractivity contribution in [1.82, 2.24) is 0 Å². The minimum atomic E-state index is -4.66. The lowest BCUT2D eigenvalue weighted by Crippen LogP contribution is -2.37. The van der Waals surface area contributed by atoms with Crippen molar-refractivity contribution < 1.29 is 42.1 Å². The maximum Gasteiger partial charge on any atom is 0.306 e. The second kappa shape index (κ2) is 60.9. The van der Waals surface area contributed by atoms with Gasteiger partial charge in [-0.1, -0.05) is 248 Å². The van der Waals surface area contributed by atoms with Gasteiger partial charge in [-0.25, -0.2) is 0 Å². The zero-order valence-electron chi connectivity index (χ0n) is 52.4. The second-order valence-electron chi connectivity index (χ2n) is 21.7. The summed E-state index contributed by atoms with van der Waals surface area (Å²) in [7, 11) is 1.12. The van der Waals surface area contributed by atoms with E-state index < -0.39 is 32.5 Å². The zero-order chi connectivity index (χ0) is 59.8. The van der Waals surface area contributed by atoms with Crippen LogP contribution in [-0.4, -0.2) is 70.0 Å². The number of carbonyl (C=O) groups excluding carboxylic acids is 2. The third-order valence-electron chi connectivity index (χ3n) is 12.7. The minimum Gasteiger partial charge on any atom is -0.756 e. The Morgan fingerprint density at radius 2 is 0.659 bits per heavy atom. The van der Waals surface area contributed by atoms with E-state index in [1.165, 1.54) is 38.5 Å². The molecular weight excluding hydrogens is 1040 g/mol. The molecule has 462 valence electrons. The van der Waals surface area contributed by atoms with Crippen LogP contribution in [0, 0.1) is 0 Å². The lowest BCUT2D eigenvalue weighted by Gasteiger charge is -2.28. The monoisotopic (exact) mass is 1150 g/mol. The van der Waals surface area contributed by atoms with Crippen LogP contribution in [0.3, 0.4) is 0 Å². The fraction of sp³-hybridized carbons (Fsp3) is 0.583. The van der Waals surface area contributed by atoms with E-state index in [2.05, 4.69) is 184 Å². The van der Waals surface area contributed by atoms with Crippen LogP contribution in [-0.2, 0) is 32.7 Å². The summed E-state index contributed by atoms with van der Waals surface area (Å²) in [4.78, 5) is 38.0. The Labute approximate surface area is 502 Å². The van der Waals surface area contributed by atoms with Gasteiger partial charge >= 0.3 is 11.9 Å². The first-order valence-corrected chi connectivity index (χ1v) is 33.3. The van der Waals surface area contributed by atoms with Gasteiger partial charge in [0.05, 0.1) is 27.7 Å². The number of nitrogens with zero attached hydrogens (tertiary/aromatic N) is 1. The third-order valence-corrected chi connectivity index (χ3v) is 13.7. The molecule has 0 bridgehead atoms. The quantitative estimate of drug-likeness (QED) is 0.0195. The van der Waals surface area contributed by atoms with E-state index in [1.54, 1.807) is 0 Å². The largest absolute Gasteiger partial charge is 0.756 e. The normalized spacial score (nSPS) is 14.4. The van der Waals surface area contributed by atoms with Crippen molar-refractivity contribution in [1.29, 1.82) is 0 Å².